The zero-order chi connectivity index (χ0) is 24.1. The van der Waals surface area contributed by atoms with Crippen LogP contribution < -0.4 is 24.3 Å². The first-order valence-corrected chi connectivity index (χ1v) is 12.0. The molecule has 2 aliphatic rings. The largest absolute Gasteiger partial charge is 0.493 e. The third-order valence-corrected chi connectivity index (χ3v) is 6.89. The quantitative estimate of drug-likeness (QED) is 0.500. The number of hydrogen-bond donors (Lipinski definition) is 1. The Hall–Kier alpha value is -3.74. The Morgan fingerprint density at radius 1 is 0.943 bits per heavy atom. The number of hydrogen-bond acceptors (Lipinski definition) is 6. The van der Waals surface area contributed by atoms with E-state index >= 15 is 0 Å². The van der Waals surface area contributed by atoms with Crippen LogP contribution in [0.25, 0.3) is 0 Å². The Bertz CT molecular complexity index is 1180. The second kappa shape index (κ2) is 10.3. The van der Waals surface area contributed by atoms with Gasteiger partial charge < -0.3 is 24.3 Å². The van der Waals surface area contributed by atoms with Gasteiger partial charge in [-0.3, -0.25) is 9.78 Å². The van der Waals surface area contributed by atoms with Crippen molar-refractivity contribution >= 4 is 5.91 Å². The second-order valence-corrected chi connectivity index (χ2v) is 9.02. The number of rotatable bonds is 8. The average molecular weight is 475 g/mol. The molecule has 1 saturated carbocycles. The zero-order valence-electron chi connectivity index (χ0n) is 19.9. The van der Waals surface area contributed by atoms with Gasteiger partial charge in [-0.05, 0) is 65.9 Å². The number of carbonyl (C=O) groups is 1. The molecule has 1 fully saturated rings. The highest BCUT2D eigenvalue weighted by molar-refractivity contribution is 5.88. The molecule has 0 unspecified atom stereocenters. The lowest BCUT2D eigenvalue weighted by Gasteiger charge is -2.36. The average Bonchev–Trinajstić information content (AvgIpc) is 3.40. The molecule has 2 heterocycles. The van der Waals surface area contributed by atoms with E-state index in [9.17, 15) is 4.79 Å². The fourth-order valence-corrected chi connectivity index (χ4v) is 4.93. The van der Waals surface area contributed by atoms with Crippen molar-refractivity contribution in [1.29, 1.82) is 0 Å². The van der Waals surface area contributed by atoms with Crippen LogP contribution in [0.3, 0.4) is 0 Å². The molecule has 5 rings (SSSR count). The summed E-state index contributed by atoms with van der Waals surface area (Å²) >= 11 is 0. The van der Waals surface area contributed by atoms with Crippen molar-refractivity contribution in [3.63, 3.8) is 0 Å². The van der Waals surface area contributed by atoms with Gasteiger partial charge in [0.25, 0.3) is 0 Å². The number of fused-ring (bicyclic) bond motifs is 1. The van der Waals surface area contributed by atoms with Crippen LogP contribution in [-0.2, 0) is 23.4 Å². The Morgan fingerprint density at radius 2 is 1.74 bits per heavy atom. The summed E-state index contributed by atoms with van der Waals surface area (Å²) < 4.78 is 22.5. The topological polar surface area (TPSA) is 78.9 Å². The summed E-state index contributed by atoms with van der Waals surface area (Å²) in [4.78, 5) is 17.7. The van der Waals surface area contributed by atoms with Crippen LogP contribution in [0.4, 0.5) is 0 Å². The Labute approximate surface area is 205 Å². The van der Waals surface area contributed by atoms with Gasteiger partial charge in [0.15, 0.2) is 23.0 Å². The van der Waals surface area contributed by atoms with Crippen LogP contribution >= 0.6 is 0 Å². The van der Waals surface area contributed by atoms with E-state index in [4.69, 9.17) is 18.9 Å². The van der Waals surface area contributed by atoms with Gasteiger partial charge in [-0.15, -0.1) is 0 Å². The molecule has 1 aliphatic carbocycles. The normalized spacial score (nSPS) is 15.9. The van der Waals surface area contributed by atoms with Gasteiger partial charge in [0.2, 0.25) is 12.7 Å². The van der Waals surface area contributed by atoms with Crippen molar-refractivity contribution in [3.8, 4) is 23.0 Å². The summed E-state index contributed by atoms with van der Waals surface area (Å²) in [6.07, 6.45) is 8.33. The third kappa shape index (κ3) is 4.90. The molecule has 7 heteroatoms. The van der Waals surface area contributed by atoms with Crippen LogP contribution in [0.1, 0.15) is 48.8 Å². The summed E-state index contributed by atoms with van der Waals surface area (Å²) in [6, 6.07) is 15.5. The van der Waals surface area contributed by atoms with E-state index in [1.165, 1.54) is 0 Å². The number of amides is 1. The van der Waals surface area contributed by atoms with Gasteiger partial charge in [0, 0.05) is 18.9 Å². The van der Waals surface area contributed by atoms with Crippen molar-refractivity contribution < 1.29 is 23.7 Å². The minimum atomic E-state index is -0.559. The summed E-state index contributed by atoms with van der Waals surface area (Å²) in [5.74, 6) is 2.79. The summed E-state index contributed by atoms with van der Waals surface area (Å²) in [5, 5.41) is 3.19. The first-order valence-electron chi connectivity index (χ1n) is 12.0. The molecule has 1 aromatic heterocycles. The van der Waals surface area contributed by atoms with Crippen LogP contribution in [0.2, 0.25) is 0 Å². The predicted octanol–water partition coefficient (Wildman–Crippen LogP) is 4.92. The van der Waals surface area contributed by atoms with Crippen molar-refractivity contribution in [2.75, 3.05) is 13.9 Å². The monoisotopic (exact) mass is 474 g/mol. The maximum absolute atomic E-state index is 13.6. The number of carbonyl (C=O) groups excluding carboxylic acids is 1. The van der Waals surface area contributed by atoms with E-state index in [0.29, 0.717) is 30.4 Å². The smallest absolute Gasteiger partial charge is 0.231 e. The van der Waals surface area contributed by atoms with Crippen molar-refractivity contribution in [2.45, 2.75) is 50.7 Å². The van der Waals surface area contributed by atoms with Crippen molar-refractivity contribution in [3.05, 3.63) is 77.6 Å². The van der Waals surface area contributed by atoms with Gasteiger partial charge in [0.1, 0.15) is 6.61 Å². The van der Waals surface area contributed by atoms with E-state index in [1.54, 1.807) is 19.5 Å². The molecule has 0 bridgehead atoms. The molecule has 0 atom stereocenters. The Balaban J connectivity index is 1.29. The number of aromatic nitrogens is 1. The van der Waals surface area contributed by atoms with E-state index < -0.39 is 5.41 Å². The highest BCUT2D eigenvalue weighted by atomic mass is 16.7. The number of nitrogens with zero attached hydrogens (tertiary/aromatic N) is 1. The summed E-state index contributed by atoms with van der Waals surface area (Å²) in [7, 11) is 1.62. The maximum Gasteiger partial charge on any atom is 0.231 e. The second-order valence-electron chi connectivity index (χ2n) is 9.02. The minimum absolute atomic E-state index is 0.0491. The SMILES string of the molecule is COc1cc(CNC(=O)C2(c3ccc4c(c3)OCO4)CCCCC2)ccc1OCc1ccncc1. The highest BCUT2D eigenvalue weighted by Gasteiger charge is 2.41. The molecular formula is C28H30N2O5. The molecule has 7 nitrogen and oxygen atoms in total. The van der Waals surface area contributed by atoms with Crippen LogP contribution in [0.5, 0.6) is 23.0 Å². The molecule has 0 saturated heterocycles. The molecule has 1 aliphatic heterocycles. The Morgan fingerprint density at radius 3 is 2.54 bits per heavy atom. The number of pyridine rings is 1. The molecule has 2 aromatic carbocycles. The minimum Gasteiger partial charge on any atom is -0.493 e. The summed E-state index contributed by atoms with van der Waals surface area (Å²) in [6.45, 7) is 1.06. The van der Waals surface area contributed by atoms with Crippen LogP contribution in [0, 0.1) is 0 Å². The standard InChI is InChI=1S/C28H30N2O5/c1-32-25-15-21(5-7-23(25)33-18-20-9-13-29-14-10-20)17-30-27(31)28(11-3-2-4-12-28)22-6-8-24-26(16-22)35-19-34-24/h5-10,13-16H,2-4,11-12,17-19H2,1H3,(H,30,31). The number of benzene rings is 2. The molecule has 35 heavy (non-hydrogen) atoms. The third-order valence-electron chi connectivity index (χ3n) is 6.89. The molecule has 1 N–H and O–H groups in total. The number of methoxy groups -OCH3 is 1. The summed E-state index contributed by atoms with van der Waals surface area (Å²) in [5.41, 5.74) is 2.41. The van der Waals surface area contributed by atoms with Crippen molar-refractivity contribution in [2.24, 2.45) is 0 Å². The van der Waals surface area contributed by atoms with Gasteiger partial charge in [0.05, 0.1) is 12.5 Å². The predicted molar refractivity (Wildman–Crippen MR) is 131 cm³/mol. The molecule has 182 valence electrons. The van der Waals surface area contributed by atoms with E-state index in [2.05, 4.69) is 10.3 Å². The lowest BCUT2D eigenvalue weighted by molar-refractivity contribution is -0.128. The molecule has 0 spiro atoms. The molecule has 1 amide bonds. The van der Waals surface area contributed by atoms with Gasteiger partial charge >= 0.3 is 0 Å². The number of ether oxygens (including phenoxy) is 4. The first kappa shape index (κ1) is 23.0. The number of nitrogens with one attached hydrogen (secondary N) is 1. The van der Waals surface area contributed by atoms with E-state index in [0.717, 1.165) is 54.5 Å². The Kier molecular flexibility index (Phi) is 6.75. The maximum atomic E-state index is 13.6. The van der Waals surface area contributed by atoms with Gasteiger partial charge in [-0.2, -0.15) is 0 Å². The van der Waals surface area contributed by atoms with Crippen molar-refractivity contribution in [1.82, 2.24) is 10.3 Å². The lowest BCUT2D eigenvalue weighted by Crippen LogP contribution is -2.45. The molecular weight excluding hydrogens is 444 g/mol. The van der Waals surface area contributed by atoms with Gasteiger partial charge in [-0.25, -0.2) is 0 Å². The molecule has 3 aromatic rings. The highest BCUT2D eigenvalue weighted by Crippen LogP contribution is 2.43. The van der Waals surface area contributed by atoms with Crippen LogP contribution in [-0.4, -0.2) is 24.8 Å². The first-order chi connectivity index (χ1) is 17.2. The van der Waals surface area contributed by atoms with E-state index in [-0.39, 0.29) is 12.7 Å². The van der Waals surface area contributed by atoms with Gasteiger partial charge in [-0.1, -0.05) is 31.4 Å². The van der Waals surface area contributed by atoms with E-state index in [1.807, 2.05) is 48.5 Å². The zero-order valence-corrected chi connectivity index (χ0v) is 19.9. The fraction of sp³-hybridized carbons (Fsp3) is 0.357. The van der Waals surface area contributed by atoms with Crippen LogP contribution in [0.15, 0.2) is 60.9 Å². The lowest BCUT2D eigenvalue weighted by atomic mass is 9.68. The fourth-order valence-electron chi connectivity index (χ4n) is 4.93. The molecule has 0 radical (unpaired) electrons.